The van der Waals surface area contributed by atoms with Gasteiger partial charge in [-0.25, -0.2) is 0 Å². The molecule has 0 fully saturated rings. The van der Waals surface area contributed by atoms with Crippen molar-refractivity contribution in [1.82, 2.24) is 4.90 Å². The second-order valence-corrected chi connectivity index (χ2v) is 3.54. The van der Waals surface area contributed by atoms with Gasteiger partial charge in [0, 0.05) is 12.6 Å². The summed E-state index contributed by atoms with van der Waals surface area (Å²) in [6, 6.07) is 0.139. The minimum atomic E-state index is 0.139. The number of nitrogens with two attached hydrogens (primary N) is 1. The van der Waals surface area contributed by atoms with Gasteiger partial charge in [-0.05, 0) is 32.5 Å². The quantitative estimate of drug-likeness (QED) is 0.673. The van der Waals surface area contributed by atoms with Gasteiger partial charge in [-0.3, -0.25) is 0 Å². The van der Waals surface area contributed by atoms with Crippen molar-refractivity contribution >= 4 is 0 Å². The standard InChI is InChI=1S/C9H18N2O/c1-11(2)6-9(10)8-4-3-5-12-7-8/h7,9H,3-6,10H2,1-2H3. The highest BCUT2D eigenvalue weighted by Gasteiger charge is 2.13. The van der Waals surface area contributed by atoms with Gasteiger partial charge in [0.2, 0.25) is 0 Å². The van der Waals surface area contributed by atoms with E-state index in [0.717, 1.165) is 26.0 Å². The molecule has 12 heavy (non-hydrogen) atoms. The minimum Gasteiger partial charge on any atom is -0.501 e. The predicted octanol–water partition coefficient (Wildman–Crippen LogP) is 0.570. The molecule has 0 radical (unpaired) electrons. The van der Waals surface area contributed by atoms with Crippen LogP contribution >= 0.6 is 0 Å². The van der Waals surface area contributed by atoms with E-state index in [1.54, 1.807) is 0 Å². The van der Waals surface area contributed by atoms with Crippen molar-refractivity contribution in [3.8, 4) is 0 Å². The maximum Gasteiger partial charge on any atom is 0.0876 e. The second kappa shape index (κ2) is 4.48. The Bertz CT molecular complexity index is 166. The van der Waals surface area contributed by atoms with Crippen molar-refractivity contribution in [2.24, 2.45) is 5.73 Å². The lowest BCUT2D eigenvalue weighted by molar-refractivity contribution is 0.219. The van der Waals surface area contributed by atoms with E-state index in [2.05, 4.69) is 4.90 Å². The number of likely N-dealkylation sites (N-methyl/N-ethyl adjacent to an activating group) is 1. The Morgan fingerprint density at radius 3 is 2.92 bits per heavy atom. The second-order valence-electron chi connectivity index (χ2n) is 3.54. The van der Waals surface area contributed by atoms with Gasteiger partial charge in [0.25, 0.3) is 0 Å². The zero-order chi connectivity index (χ0) is 8.97. The molecule has 0 saturated carbocycles. The van der Waals surface area contributed by atoms with Gasteiger partial charge in [0.05, 0.1) is 12.9 Å². The first kappa shape index (κ1) is 9.55. The van der Waals surface area contributed by atoms with Crippen molar-refractivity contribution in [2.45, 2.75) is 18.9 Å². The summed E-state index contributed by atoms with van der Waals surface area (Å²) in [4.78, 5) is 2.10. The van der Waals surface area contributed by atoms with Crippen LogP contribution in [0.1, 0.15) is 12.8 Å². The Kier molecular flexibility index (Phi) is 3.56. The van der Waals surface area contributed by atoms with Crippen LogP contribution in [0.15, 0.2) is 11.8 Å². The molecule has 3 heteroatoms. The van der Waals surface area contributed by atoms with Crippen molar-refractivity contribution in [2.75, 3.05) is 27.2 Å². The van der Waals surface area contributed by atoms with E-state index < -0.39 is 0 Å². The molecule has 1 heterocycles. The van der Waals surface area contributed by atoms with Gasteiger partial charge in [-0.1, -0.05) is 0 Å². The van der Waals surface area contributed by atoms with Crippen LogP contribution in [0.4, 0.5) is 0 Å². The van der Waals surface area contributed by atoms with Gasteiger partial charge in [0.15, 0.2) is 0 Å². The highest BCUT2D eigenvalue weighted by atomic mass is 16.5. The molecular formula is C9H18N2O. The van der Waals surface area contributed by atoms with Crippen LogP contribution < -0.4 is 5.73 Å². The summed E-state index contributed by atoms with van der Waals surface area (Å²) in [7, 11) is 4.06. The van der Waals surface area contributed by atoms with E-state index in [-0.39, 0.29) is 6.04 Å². The van der Waals surface area contributed by atoms with Crippen molar-refractivity contribution in [3.63, 3.8) is 0 Å². The Labute approximate surface area is 74.2 Å². The first-order valence-electron chi connectivity index (χ1n) is 4.41. The van der Waals surface area contributed by atoms with Crippen LogP contribution in [0.3, 0.4) is 0 Å². The summed E-state index contributed by atoms with van der Waals surface area (Å²) in [5.74, 6) is 0. The van der Waals surface area contributed by atoms with Crippen molar-refractivity contribution in [3.05, 3.63) is 11.8 Å². The molecular weight excluding hydrogens is 152 g/mol. The Balaban J connectivity index is 2.39. The molecule has 0 aromatic carbocycles. The normalized spacial score (nSPS) is 20.2. The van der Waals surface area contributed by atoms with E-state index in [1.807, 2.05) is 20.4 Å². The molecule has 1 aliphatic rings. The number of rotatable bonds is 3. The summed E-state index contributed by atoms with van der Waals surface area (Å²) in [5, 5.41) is 0. The first-order chi connectivity index (χ1) is 5.70. The molecule has 2 N–H and O–H groups in total. The highest BCUT2D eigenvalue weighted by molar-refractivity contribution is 5.09. The van der Waals surface area contributed by atoms with Crippen LogP contribution in [0.5, 0.6) is 0 Å². The monoisotopic (exact) mass is 170 g/mol. The molecule has 3 nitrogen and oxygen atoms in total. The van der Waals surface area contributed by atoms with E-state index in [4.69, 9.17) is 10.5 Å². The molecule has 0 spiro atoms. The third kappa shape index (κ3) is 2.83. The fourth-order valence-electron chi connectivity index (χ4n) is 1.37. The van der Waals surface area contributed by atoms with E-state index in [0.29, 0.717) is 0 Å². The van der Waals surface area contributed by atoms with Gasteiger partial charge in [-0.2, -0.15) is 0 Å². The first-order valence-corrected chi connectivity index (χ1v) is 4.41. The maximum atomic E-state index is 5.96. The molecule has 0 amide bonds. The third-order valence-electron chi connectivity index (χ3n) is 2.00. The molecule has 1 unspecified atom stereocenters. The highest BCUT2D eigenvalue weighted by Crippen LogP contribution is 2.14. The van der Waals surface area contributed by atoms with Gasteiger partial charge in [0.1, 0.15) is 0 Å². The summed E-state index contributed by atoms with van der Waals surface area (Å²) >= 11 is 0. The van der Waals surface area contributed by atoms with Crippen LogP contribution in [0, 0.1) is 0 Å². The summed E-state index contributed by atoms with van der Waals surface area (Å²) in [6.45, 7) is 1.74. The molecule has 0 aliphatic carbocycles. The van der Waals surface area contributed by atoms with Crippen LogP contribution in [-0.4, -0.2) is 38.2 Å². The summed E-state index contributed by atoms with van der Waals surface area (Å²) in [5.41, 5.74) is 7.20. The average Bonchev–Trinajstić information content (AvgIpc) is 2.05. The van der Waals surface area contributed by atoms with Crippen molar-refractivity contribution in [1.29, 1.82) is 0 Å². The fourth-order valence-corrected chi connectivity index (χ4v) is 1.37. The lowest BCUT2D eigenvalue weighted by Crippen LogP contribution is -2.35. The van der Waals surface area contributed by atoms with E-state index in [1.165, 1.54) is 5.57 Å². The van der Waals surface area contributed by atoms with Crippen molar-refractivity contribution < 1.29 is 4.74 Å². The zero-order valence-electron chi connectivity index (χ0n) is 7.92. The van der Waals surface area contributed by atoms with E-state index >= 15 is 0 Å². The average molecular weight is 170 g/mol. The number of hydrogen-bond acceptors (Lipinski definition) is 3. The number of hydrogen-bond donors (Lipinski definition) is 1. The van der Waals surface area contributed by atoms with Gasteiger partial charge >= 0.3 is 0 Å². The molecule has 70 valence electrons. The molecule has 1 aliphatic heterocycles. The molecule has 0 saturated heterocycles. The zero-order valence-corrected chi connectivity index (χ0v) is 7.92. The minimum absolute atomic E-state index is 0.139. The molecule has 0 bridgehead atoms. The number of nitrogens with zero attached hydrogens (tertiary/aromatic N) is 1. The Hall–Kier alpha value is -0.540. The smallest absolute Gasteiger partial charge is 0.0876 e. The van der Waals surface area contributed by atoms with Crippen LogP contribution in [0.2, 0.25) is 0 Å². The Morgan fingerprint density at radius 1 is 1.67 bits per heavy atom. The summed E-state index contributed by atoms with van der Waals surface area (Å²) in [6.07, 6.45) is 4.03. The lowest BCUT2D eigenvalue weighted by atomic mass is 10.0. The van der Waals surface area contributed by atoms with Crippen LogP contribution in [-0.2, 0) is 4.74 Å². The fraction of sp³-hybridized carbons (Fsp3) is 0.778. The SMILES string of the molecule is CN(C)CC(N)C1=COCCC1. The molecule has 1 atom stereocenters. The summed E-state index contributed by atoms with van der Waals surface area (Å²) < 4.78 is 5.22. The maximum absolute atomic E-state index is 5.96. The van der Waals surface area contributed by atoms with Crippen LogP contribution in [0.25, 0.3) is 0 Å². The lowest BCUT2D eigenvalue weighted by Gasteiger charge is -2.22. The molecule has 0 aromatic rings. The Morgan fingerprint density at radius 2 is 2.42 bits per heavy atom. The number of ether oxygens (including phenoxy) is 1. The topological polar surface area (TPSA) is 38.5 Å². The van der Waals surface area contributed by atoms with E-state index in [9.17, 15) is 0 Å². The van der Waals surface area contributed by atoms with Gasteiger partial charge in [-0.15, -0.1) is 0 Å². The molecule has 0 aromatic heterocycles. The largest absolute Gasteiger partial charge is 0.501 e. The van der Waals surface area contributed by atoms with Gasteiger partial charge < -0.3 is 15.4 Å². The molecule has 1 rings (SSSR count). The predicted molar refractivity (Wildman–Crippen MR) is 49.8 cm³/mol. The third-order valence-corrected chi connectivity index (χ3v) is 2.00.